The molecule has 0 heterocycles. The molecule has 0 spiro atoms. The Labute approximate surface area is 95.0 Å². The summed E-state index contributed by atoms with van der Waals surface area (Å²) < 4.78 is 0. The van der Waals surface area contributed by atoms with Gasteiger partial charge in [0.1, 0.15) is 0 Å². The first-order valence-corrected chi connectivity index (χ1v) is 5.98. The Morgan fingerprint density at radius 1 is 1.29 bits per heavy atom. The van der Waals surface area contributed by atoms with Gasteiger partial charge in [-0.3, -0.25) is 0 Å². The van der Waals surface area contributed by atoms with E-state index in [0.717, 1.165) is 10.6 Å². The largest absolute Gasteiger partial charge is 0.324 e. The van der Waals surface area contributed by atoms with Gasteiger partial charge < -0.3 is 5.73 Å². The SMILES string of the molecule is CC(C)Sc1ccc(Cl)cc1C(C)N. The van der Waals surface area contributed by atoms with Gasteiger partial charge in [0.2, 0.25) is 0 Å². The molecule has 0 aliphatic carbocycles. The summed E-state index contributed by atoms with van der Waals surface area (Å²) in [5.41, 5.74) is 7.02. The molecule has 0 fully saturated rings. The maximum atomic E-state index is 5.93. The van der Waals surface area contributed by atoms with Crippen LogP contribution in [0.3, 0.4) is 0 Å². The van der Waals surface area contributed by atoms with Crippen LogP contribution in [0, 0.1) is 0 Å². The molecule has 1 nitrogen and oxygen atoms in total. The van der Waals surface area contributed by atoms with Crippen molar-refractivity contribution in [2.45, 2.75) is 37.0 Å². The van der Waals surface area contributed by atoms with E-state index in [1.54, 1.807) is 0 Å². The van der Waals surface area contributed by atoms with Gasteiger partial charge in [-0.2, -0.15) is 0 Å². The number of halogens is 1. The first-order chi connectivity index (χ1) is 6.50. The molecular formula is C11H16ClNS. The van der Waals surface area contributed by atoms with E-state index in [2.05, 4.69) is 13.8 Å². The van der Waals surface area contributed by atoms with Gasteiger partial charge in [0.25, 0.3) is 0 Å². The lowest BCUT2D eigenvalue weighted by atomic mass is 10.1. The van der Waals surface area contributed by atoms with E-state index in [1.807, 2.05) is 36.9 Å². The summed E-state index contributed by atoms with van der Waals surface area (Å²) in [6.07, 6.45) is 0. The lowest BCUT2D eigenvalue weighted by molar-refractivity contribution is 0.797. The van der Waals surface area contributed by atoms with Crippen LogP contribution in [0.4, 0.5) is 0 Å². The molecular weight excluding hydrogens is 214 g/mol. The monoisotopic (exact) mass is 229 g/mol. The standard InChI is InChI=1S/C11H16ClNS/c1-7(2)14-11-5-4-9(12)6-10(11)8(3)13/h4-8H,13H2,1-3H3. The highest BCUT2D eigenvalue weighted by atomic mass is 35.5. The Morgan fingerprint density at radius 3 is 2.43 bits per heavy atom. The molecule has 0 saturated carbocycles. The fourth-order valence-electron chi connectivity index (χ4n) is 1.24. The van der Waals surface area contributed by atoms with Crippen molar-refractivity contribution in [3.63, 3.8) is 0 Å². The number of hydrogen-bond acceptors (Lipinski definition) is 2. The van der Waals surface area contributed by atoms with E-state index >= 15 is 0 Å². The van der Waals surface area contributed by atoms with Crippen molar-refractivity contribution in [3.8, 4) is 0 Å². The fourth-order valence-corrected chi connectivity index (χ4v) is 2.45. The zero-order valence-electron chi connectivity index (χ0n) is 8.75. The van der Waals surface area contributed by atoms with Crippen LogP contribution >= 0.6 is 23.4 Å². The number of benzene rings is 1. The molecule has 1 atom stereocenters. The molecule has 0 aliphatic rings. The molecule has 0 aliphatic heterocycles. The second-order valence-electron chi connectivity index (χ2n) is 3.64. The smallest absolute Gasteiger partial charge is 0.0410 e. The summed E-state index contributed by atoms with van der Waals surface area (Å²) in [6, 6.07) is 5.95. The average Bonchev–Trinajstić information content (AvgIpc) is 2.07. The predicted molar refractivity (Wildman–Crippen MR) is 65.0 cm³/mol. The minimum absolute atomic E-state index is 0.0370. The summed E-state index contributed by atoms with van der Waals surface area (Å²) >= 11 is 7.76. The van der Waals surface area contributed by atoms with E-state index in [9.17, 15) is 0 Å². The Morgan fingerprint density at radius 2 is 1.93 bits per heavy atom. The van der Waals surface area contributed by atoms with E-state index < -0.39 is 0 Å². The summed E-state index contributed by atoms with van der Waals surface area (Å²) in [5, 5.41) is 1.32. The minimum atomic E-state index is 0.0370. The van der Waals surface area contributed by atoms with Crippen molar-refractivity contribution in [1.29, 1.82) is 0 Å². The lowest BCUT2D eigenvalue weighted by Gasteiger charge is -2.14. The lowest BCUT2D eigenvalue weighted by Crippen LogP contribution is -2.07. The Kier molecular flexibility index (Phi) is 4.30. The molecule has 0 saturated heterocycles. The quantitative estimate of drug-likeness (QED) is 0.797. The number of rotatable bonds is 3. The summed E-state index contributed by atoms with van der Waals surface area (Å²) in [6.45, 7) is 6.32. The number of hydrogen-bond donors (Lipinski definition) is 1. The molecule has 1 aromatic rings. The minimum Gasteiger partial charge on any atom is -0.324 e. The maximum absolute atomic E-state index is 5.93. The summed E-state index contributed by atoms with van der Waals surface area (Å²) in [5.74, 6) is 0. The van der Waals surface area contributed by atoms with Gasteiger partial charge in [0.05, 0.1) is 0 Å². The Bertz CT molecular complexity index is 310. The van der Waals surface area contributed by atoms with Crippen molar-refractivity contribution < 1.29 is 0 Å². The molecule has 2 N–H and O–H groups in total. The van der Waals surface area contributed by atoms with Crippen LogP contribution in [0.15, 0.2) is 23.1 Å². The molecule has 14 heavy (non-hydrogen) atoms. The van der Waals surface area contributed by atoms with Crippen molar-refractivity contribution in [2.75, 3.05) is 0 Å². The van der Waals surface area contributed by atoms with Crippen LogP contribution < -0.4 is 5.73 Å². The molecule has 3 heteroatoms. The highest BCUT2D eigenvalue weighted by Crippen LogP contribution is 2.31. The topological polar surface area (TPSA) is 26.0 Å². The predicted octanol–water partition coefficient (Wildman–Crippen LogP) is 3.86. The molecule has 1 rings (SSSR count). The maximum Gasteiger partial charge on any atom is 0.0410 e. The molecule has 78 valence electrons. The second-order valence-corrected chi connectivity index (χ2v) is 5.69. The molecule has 0 radical (unpaired) electrons. The highest BCUT2D eigenvalue weighted by Gasteiger charge is 2.09. The van der Waals surface area contributed by atoms with Crippen molar-refractivity contribution >= 4 is 23.4 Å². The van der Waals surface area contributed by atoms with Crippen LogP contribution in [0.1, 0.15) is 32.4 Å². The zero-order chi connectivity index (χ0) is 10.7. The summed E-state index contributed by atoms with van der Waals surface area (Å²) in [4.78, 5) is 1.24. The Balaban J connectivity index is 3.02. The third kappa shape index (κ3) is 3.19. The summed E-state index contributed by atoms with van der Waals surface area (Å²) in [7, 11) is 0. The van der Waals surface area contributed by atoms with Gasteiger partial charge in [-0.1, -0.05) is 25.4 Å². The van der Waals surface area contributed by atoms with Crippen LogP contribution in [-0.2, 0) is 0 Å². The Hall–Kier alpha value is -0.180. The van der Waals surface area contributed by atoms with Gasteiger partial charge in [0.15, 0.2) is 0 Å². The van der Waals surface area contributed by atoms with Crippen LogP contribution in [0.5, 0.6) is 0 Å². The van der Waals surface area contributed by atoms with Crippen LogP contribution in [-0.4, -0.2) is 5.25 Å². The normalized spacial score (nSPS) is 13.3. The van der Waals surface area contributed by atoms with E-state index in [4.69, 9.17) is 17.3 Å². The molecule has 1 aromatic carbocycles. The van der Waals surface area contributed by atoms with Gasteiger partial charge in [0, 0.05) is 21.2 Å². The number of nitrogens with two attached hydrogens (primary N) is 1. The first-order valence-electron chi connectivity index (χ1n) is 4.72. The fraction of sp³-hybridized carbons (Fsp3) is 0.455. The van der Waals surface area contributed by atoms with E-state index in [0.29, 0.717) is 5.25 Å². The average molecular weight is 230 g/mol. The third-order valence-corrected chi connectivity index (χ3v) is 3.16. The van der Waals surface area contributed by atoms with Gasteiger partial charge >= 0.3 is 0 Å². The molecule has 0 aromatic heterocycles. The molecule has 0 bridgehead atoms. The zero-order valence-corrected chi connectivity index (χ0v) is 10.3. The second kappa shape index (κ2) is 5.06. The third-order valence-electron chi connectivity index (χ3n) is 1.83. The van der Waals surface area contributed by atoms with E-state index in [1.165, 1.54) is 4.90 Å². The van der Waals surface area contributed by atoms with Gasteiger partial charge in [-0.15, -0.1) is 11.8 Å². The van der Waals surface area contributed by atoms with Crippen molar-refractivity contribution in [2.24, 2.45) is 5.73 Å². The van der Waals surface area contributed by atoms with Crippen LogP contribution in [0.25, 0.3) is 0 Å². The molecule has 1 unspecified atom stereocenters. The van der Waals surface area contributed by atoms with Crippen LogP contribution in [0.2, 0.25) is 5.02 Å². The van der Waals surface area contributed by atoms with Gasteiger partial charge in [-0.25, -0.2) is 0 Å². The van der Waals surface area contributed by atoms with E-state index in [-0.39, 0.29) is 6.04 Å². The van der Waals surface area contributed by atoms with Crippen molar-refractivity contribution in [1.82, 2.24) is 0 Å². The highest BCUT2D eigenvalue weighted by molar-refractivity contribution is 8.00. The van der Waals surface area contributed by atoms with Gasteiger partial charge in [-0.05, 0) is 30.7 Å². The number of thioether (sulfide) groups is 1. The molecule has 0 amide bonds. The van der Waals surface area contributed by atoms with Crippen molar-refractivity contribution in [3.05, 3.63) is 28.8 Å². The first kappa shape index (κ1) is 11.9.